The zero-order valence-corrected chi connectivity index (χ0v) is 21.0. The predicted molar refractivity (Wildman–Crippen MR) is 143 cm³/mol. The molecule has 4 aromatic rings. The summed E-state index contributed by atoms with van der Waals surface area (Å²) in [5.41, 5.74) is 3.50. The van der Waals surface area contributed by atoms with Gasteiger partial charge in [-0.15, -0.1) is 5.10 Å². The molecule has 1 fully saturated rings. The number of aromatic nitrogens is 3. The van der Waals surface area contributed by atoms with E-state index in [9.17, 15) is 4.79 Å². The molecule has 186 valence electrons. The van der Waals surface area contributed by atoms with Crippen LogP contribution in [0.15, 0.2) is 66.9 Å². The van der Waals surface area contributed by atoms with Gasteiger partial charge < -0.3 is 24.8 Å². The molecule has 2 aromatic carbocycles. The van der Waals surface area contributed by atoms with Gasteiger partial charge in [0.25, 0.3) is 5.91 Å². The van der Waals surface area contributed by atoms with E-state index in [2.05, 4.69) is 46.2 Å². The monoisotopic (exact) mass is 484 g/mol. The van der Waals surface area contributed by atoms with Crippen molar-refractivity contribution in [2.75, 3.05) is 36.4 Å². The van der Waals surface area contributed by atoms with Crippen molar-refractivity contribution in [3.8, 4) is 5.75 Å². The minimum atomic E-state index is -0.0857. The number of amides is 1. The molecule has 2 N–H and O–H groups in total. The summed E-state index contributed by atoms with van der Waals surface area (Å²) in [6.45, 7) is 9.48. The fraction of sp³-hybridized carbons (Fsp3) is 0.321. The highest BCUT2D eigenvalue weighted by Gasteiger charge is 2.26. The van der Waals surface area contributed by atoms with Crippen LogP contribution in [0.25, 0.3) is 10.9 Å². The molecule has 5 rings (SSSR count). The fourth-order valence-corrected chi connectivity index (χ4v) is 4.41. The molecule has 0 spiro atoms. The third-order valence-corrected chi connectivity index (χ3v) is 6.15. The highest BCUT2D eigenvalue weighted by Crippen LogP contribution is 2.27. The van der Waals surface area contributed by atoms with Crippen LogP contribution in [0.3, 0.4) is 0 Å². The van der Waals surface area contributed by atoms with Crippen molar-refractivity contribution >= 4 is 28.3 Å². The number of fused-ring (bicyclic) bond motifs is 1. The van der Waals surface area contributed by atoms with Crippen molar-refractivity contribution in [1.82, 2.24) is 20.1 Å². The SMILES string of the molecule is CC(C)(C)Nc1ccnnc1N1CCN(C(=O)c2cc3cc(OCc4ccccc4)ccc3[nH]2)CC1. The number of carbonyl (C=O) groups is 1. The molecule has 0 radical (unpaired) electrons. The Morgan fingerprint density at radius 3 is 2.56 bits per heavy atom. The van der Waals surface area contributed by atoms with Crippen LogP contribution in [0.4, 0.5) is 11.5 Å². The molecule has 0 aliphatic carbocycles. The quantitative estimate of drug-likeness (QED) is 0.412. The molecule has 8 nitrogen and oxygen atoms in total. The maximum atomic E-state index is 13.3. The van der Waals surface area contributed by atoms with E-state index in [0.717, 1.165) is 33.7 Å². The molecule has 2 aromatic heterocycles. The number of hydrogen-bond acceptors (Lipinski definition) is 6. The summed E-state index contributed by atoms with van der Waals surface area (Å²) < 4.78 is 5.95. The number of anilines is 2. The lowest BCUT2D eigenvalue weighted by Crippen LogP contribution is -2.49. The number of rotatable bonds is 6. The highest BCUT2D eigenvalue weighted by atomic mass is 16.5. The minimum absolute atomic E-state index is 0.00443. The van der Waals surface area contributed by atoms with Gasteiger partial charge >= 0.3 is 0 Å². The Morgan fingerprint density at radius 1 is 1.03 bits per heavy atom. The first kappa shape index (κ1) is 23.7. The van der Waals surface area contributed by atoms with E-state index < -0.39 is 0 Å². The van der Waals surface area contributed by atoms with Crippen LogP contribution < -0.4 is 15.0 Å². The van der Waals surface area contributed by atoms with Crippen molar-refractivity contribution in [2.24, 2.45) is 0 Å². The number of H-pyrrole nitrogens is 1. The van der Waals surface area contributed by atoms with Gasteiger partial charge in [0.05, 0.1) is 11.9 Å². The number of piperazine rings is 1. The number of ether oxygens (including phenoxy) is 1. The van der Waals surface area contributed by atoms with Crippen molar-refractivity contribution in [2.45, 2.75) is 32.9 Å². The molecule has 1 aliphatic rings. The van der Waals surface area contributed by atoms with E-state index in [1.54, 1.807) is 6.20 Å². The molecule has 1 aliphatic heterocycles. The van der Waals surface area contributed by atoms with Gasteiger partial charge in [0, 0.05) is 42.6 Å². The molecule has 8 heteroatoms. The normalized spacial score (nSPS) is 14.2. The van der Waals surface area contributed by atoms with Crippen LogP contribution in [-0.2, 0) is 6.61 Å². The molecular weight excluding hydrogens is 452 g/mol. The second-order valence-electron chi connectivity index (χ2n) is 10.1. The summed E-state index contributed by atoms with van der Waals surface area (Å²) in [6.07, 6.45) is 1.70. The van der Waals surface area contributed by atoms with Crippen LogP contribution in [-0.4, -0.2) is 57.7 Å². The smallest absolute Gasteiger partial charge is 0.270 e. The van der Waals surface area contributed by atoms with Crippen molar-refractivity contribution in [1.29, 1.82) is 0 Å². The lowest BCUT2D eigenvalue weighted by molar-refractivity contribution is 0.0741. The van der Waals surface area contributed by atoms with Gasteiger partial charge in [-0.3, -0.25) is 4.79 Å². The fourth-order valence-electron chi connectivity index (χ4n) is 4.41. The zero-order chi connectivity index (χ0) is 25.1. The summed E-state index contributed by atoms with van der Waals surface area (Å²) in [5.74, 6) is 1.61. The third-order valence-electron chi connectivity index (χ3n) is 6.15. The summed E-state index contributed by atoms with van der Waals surface area (Å²) in [7, 11) is 0. The number of hydrogen-bond donors (Lipinski definition) is 2. The second kappa shape index (κ2) is 9.89. The zero-order valence-electron chi connectivity index (χ0n) is 21.0. The van der Waals surface area contributed by atoms with Gasteiger partial charge in [-0.05, 0) is 56.7 Å². The molecule has 0 bridgehead atoms. The standard InChI is InChI=1S/C28H32N6O2/c1-28(2,3)31-24-11-12-29-32-26(24)33-13-15-34(16-14-33)27(35)25-18-21-17-22(9-10-23(21)30-25)36-19-20-7-5-4-6-8-20/h4-12,17-18,30H,13-16,19H2,1-3H3,(H,29,31). The number of nitrogens with one attached hydrogen (secondary N) is 2. The summed E-state index contributed by atoms with van der Waals surface area (Å²) >= 11 is 0. The molecule has 1 amide bonds. The van der Waals surface area contributed by atoms with E-state index >= 15 is 0 Å². The number of nitrogens with zero attached hydrogens (tertiary/aromatic N) is 4. The molecule has 0 atom stereocenters. The first-order chi connectivity index (χ1) is 17.4. The Morgan fingerprint density at radius 2 is 1.81 bits per heavy atom. The Hall–Kier alpha value is -4.07. The van der Waals surface area contributed by atoms with Gasteiger partial charge in [-0.2, -0.15) is 5.10 Å². The molecule has 0 saturated carbocycles. The first-order valence-corrected chi connectivity index (χ1v) is 12.3. The Bertz CT molecular complexity index is 1340. The van der Waals surface area contributed by atoms with Gasteiger partial charge in [-0.1, -0.05) is 30.3 Å². The lowest BCUT2D eigenvalue weighted by Gasteiger charge is -2.36. The van der Waals surface area contributed by atoms with Crippen molar-refractivity contribution in [3.63, 3.8) is 0 Å². The number of carbonyl (C=O) groups excluding carboxylic acids is 1. The number of aromatic amines is 1. The largest absolute Gasteiger partial charge is 0.489 e. The van der Waals surface area contributed by atoms with Crippen LogP contribution in [0.1, 0.15) is 36.8 Å². The van der Waals surface area contributed by atoms with E-state index in [4.69, 9.17) is 4.74 Å². The first-order valence-electron chi connectivity index (χ1n) is 12.3. The van der Waals surface area contributed by atoms with Crippen LogP contribution >= 0.6 is 0 Å². The van der Waals surface area contributed by atoms with E-state index in [1.807, 2.05) is 65.6 Å². The van der Waals surface area contributed by atoms with Crippen molar-refractivity contribution < 1.29 is 9.53 Å². The molecule has 36 heavy (non-hydrogen) atoms. The van der Waals surface area contributed by atoms with E-state index in [0.29, 0.717) is 38.5 Å². The maximum Gasteiger partial charge on any atom is 0.270 e. The van der Waals surface area contributed by atoms with Gasteiger partial charge in [0.15, 0.2) is 5.82 Å². The maximum absolute atomic E-state index is 13.3. The average Bonchev–Trinajstić information content (AvgIpc) is 3.31. The third kappa shape index (κ3) is 5.43. The van der Waals surface area contributed by atoms with Gasteiger partial charge in [-0.25, -0.2) is 0 Å². The highest BCUT2D eigenvalue weighted by molar-refractivity contribution is 5.98. The number of benzene rings is 2. The van der Waals surface area contributed by atoms with E-state index in [-0.39, 0.29) is 11.4 Å². The lowest BCUT2D eigenvalue weighted by atomic mass is 10.1. The molecule has 0 unspecified atom stereocenters. The van der Waals surface area contributed by atoms with Crippen LogP contribution in [0, 0.1) is 0 Å². The van der Waals surface area contributed by atoms with Crippen molar-refractivity contribution in [3.05, 3.63) is 78.1 Å². The molecule has 3 heterocycles. The van der Waals surface area contributed by atoms with Gasteiger partial charge in [0.2, 0.25) is 0 Å². The second-order valence-corrected chi connectivity index (χ2v) is 10.1. The molecular formula is C28H32N6O2. The Balaban J connectivity index is 1.23. The Kier molecular flexibility index (Phi) is 6.50. The summed E-state index contributed by atoms with van der Waals surface area (Å²) in [6, 6.07) is 19.8. The minimum Gasteiger partial charge on any atom is -0.489 e. The van der Waals surface area contributed by atoms with E-state index in [1.165, 1.54) is 0 Å². The predicted octanol–water partition coefficient (Wildman–Crippen LogP) is 4.71. The van der Waals surface area contributed by atoms with Gasteiger partial charge in [0.1, 0.15) is 18.1 Å². The van der Waals surface area contributed by atoms with Crippen LogP contribution in [0.2, 0.25) is 0 Å². The molecule has 1 saturated heterocycles. The summed E-state index contributed by atoms with van der Waals surface area (Å²) in [4.78, 5) is 20.6. The average molecular weight is 485 g/mol. The Labute approximate surface area is 211 Å². The van der Waals surface area contributed by atoms with Crippen LogP contribution in [0.5, 0.6) is 5.75 Å². The summed E-state index contributed by atoms with van der Waals surface area (Å²) in [5, 5.41) is 12.9. The topological polar surface area (TPSA) is 86.4 Å².